The van der Waals surface area contributed by atoms with Crippen LogP contribution >= 0.6 is 0 Å². The molecule has 6 nitrogen and oxygen atoms in total. The molecule has 28 heteroatoms. The zero-order valence-electron chi connectivity index (χ0n) is 30.6. The van der Waals surface area contributed by atoms with Crippen LogP contribution < -0.4 is 0 Å². The van der Waals surface area contributed by atoms with Crippen LogP contribution in [0, 0.1) is 77.3 Å². The number of halogens is 21. The Morgan fingerprint density at radius 3 is 0.483 bits per heavy atom. The maximum atomic E-state index is 12.8. The first kappa shape index (κ1) is 62.2. The molecule has 0 saturated carbocycles. The van der Waals surface area contributed by atoms with Gasteiger partial charge in [-0.1, -0.05) is 62.3 Å². The Morgan fingerprint density at radius 1 is 0.276 bits per heavy atom. The first-order chi connectivity index (χ1) is 24.1. The number of carbonyl (C=O) groups excluding carboxylic acids is 6. The predicted molar refractivity (Wildman–Crippen MR) is 149 cm³/mol. The van der Waals surface area contributed by atoms with Crippen molar-refractivity contribution >= 4 is 34.7 Å². The SMILES string of the molecule is CC(C)(C)C(=O)[CH-]C(=O)C(F)(F)C(F)(F)C(F)(F)F.CC(C)(C)C(=O)[CH-]C(=O)C(F)(F)C(F)(F)C(F)(F)F.CC(C)(C)C(=O)[CH-]C(=O)C(F)(F)C(F)(F)C(F)(F)F.[Ce+3]. The largest absolute Gasteiger partial charge is 3.00 e. The number of hydrogen-bond acceptors (Lipinski definition) is 6. The molecule has 0 spiro atoms. The minimum Gasteiger partial charge on any atom is -0.333 e. The van der Waals surface area contributed by atoms with Gasteiger partial charge in [-0.2, -0.15) is 92.2 Å². The first-order valence-electron chi connectivity index (χ1n) is 14.4. The van der Waals surface area contributed by atoms with Crippen molar-refractivity contribution in [3.05, 3.63) is 19.3 Å². The molecular formula is C30H30CeF21O6. The van der Waals surface area contributed by atoms with E-state index in [1.807, 2.05) is 0 Å². The van der Waals surface area contributed by atoms with Crippen molar-refractivity contribution in [1.29, 1.82) is 0 Å². The van der Waals surface area contributed by atoms with Gasteiger partial charge in [-0.15, -0.1) is 0 Å². The number of Topliss-reactive ketones (excluding diaryl/α,β-unsaturated/α-hetero) is 6. The molecule has 0 aromatic carbocycles. The molecule has 0 aliphatic rings. The average Bonchev–Trinajstić information content (AvgIpc) is 2.93. The molecule has 0 amide bonds. The van der Waals surface area contributed by atoms with E-state index < -0.39 is 124 Å². The van der Waals surface area contributed by atoms with Crippen LogP contribution in [-0.2, 0) is 28.8 Å². The third-order valence-electron chi connectivity index (χ3n) is 6.18. The minimum atomic E-state index is -6.61. The maximum Gasteiger partial charge on any atom is 3.00 e. The van der Waals surface area contributed by atoms with Crippen molar-refractivity contribution in [2.45, 2.75) is 116 Å². The van der Waals surface area contributed by atoms with Gasteiger partial charge in [0.05, 0.1) is 17.3 Å². The van der Waals surface area contributed by atoms with Crippen LogP contribution in [0.25, 0.3) is 0 Å². The van der Waals surface area contributed by atoms with E-state index >= 15 is 0 Å². The molecule has 0 fully saturated rings. The zero-order chi connectivity index (χ0) is 47.6. The summed E-state index contributed by atoms with van der Waals surface area (Å²) in [6.07, 6.45) is -21.1. The van der Waals surface area contributed by atoms with Crippen molar-refractivity contribution in [2.75, 3.05) is 0 Å². The smallest absolute Gasteiger partial charge is 0.333 e. The second kappa shape index (κ2) is 19.1. The maximum absolute atomic E-state index is 12.8. The van der Waals surface area contributed by atoms with Crippen molar-refractivity contribution in [1.82, 2.24) is 0 Å². The van der Waals surface area contributed by atoms with Crippen LogP contribution in [0.2, 0.25) is 0 Å². The molecule has 0 saturated heterocycles. The van der Waals surface area contributed by atoms with Crippen LogP contribution in [0.1, 0.15) is 62.3 Å². The van der Waals surface area contributed by atoms with Gasteiger partial charge in [0.15, 0.2) is 0 Å². The van der Waals surface area contributed by atoms with Crippen molar-refractivity contribution in [3.63, 3.8) is 0 Å². The Kier molecular flexibility index (Phi) is 20.4. The van der Waals surface area contributed by atoms with E-state index in [0.717, 1.165) is 0 Å². The molecule has 0 atom stereocenters. The fourth-order valence-electron chi connectivity index (χ4n) is 2.28. The predicted octanol–water partition coefficient (Wildman–Crippen LogP) is 9.62. The Balaban J connectivity index is -0.000000374. The summed E-state index contributed by atoms with van der Waals surface area (Å²) in [4.78, 5) is 65.9. The molecule has 337 valence electrons. The van der Waals surface area contributed by atoms with Crippen LogP contribution in [0.3, 0.4) is 0 Å². The Bertz CT molecular complexity index is 1310. The van der Waals surface area contributed by atoms with Gasteiger partial charge in [0.1, 0.15) is 0 Å². The first-order valence-corrected chi connectivity index (χ1v) is 14.4. The molecule has 0 aliphatic carbocycles. The number of ketones is 6. The third-order valence-corrected chi connectivity index (χ3v) is 6.18. The normalized spacial score (nSPS) is 14.0. The van der Waals surface area contributed by atoms with Gasteiger partial charge in [0.25, 0.3) is 0 Å². The minimum absolute atomic E-state index is 0. The van der Waals surface area contributed by atoms with Gasteiger partial charge >= 0.3 is 95.8 Å². The molecule has 0 aromatic rings. The van der Waals surface area contributed by atoms with E-state index in [0.29, 0.717) is 0 Å². The molecule has 0 heterocycles. The van der Waals surface area contributed by atoms with E-state index in [1.165, 1.54) is 62.3 Å². The molecule has 0 rings (SSSR count). The molecule has 0 aliphatic heterocycles. The van der Waals surface area contributed by atoms with E-state index in [9.17, 15) is 121 Å². The summed E-state index contributed by atoms with van der Waals surface area (Å²) < 4.78 is 258. The van der Waals surface area contributed by atoms with Crippen LogP contribution in [-0.4, -0.2) is 88.8 Å². The summed E-state index contributed by atoms with van der Waals surface area (Å²) in [5, 5.41) is 0. The van der Waals surface area contributed by atoms with Crippen LogP contribution in [0.15, 0.2) is 0 Å². The fraction of sp³-hybridized carbons (Fsp3) is 0.700. The van der Waals surface area contributed by atoms with Crippen LogP contribution in [0.5, 0.6) is 0 Å². The summed E-state index contributed by atoms with van der Waals surface area (Å²) in [5.41, 5.74) is -4.09. The molecular weight excluding hydrogens is 995 g/mol. The molecule has 1 radical (unpaired) electrons. The van der Waals surface area contributed by atoms with E-state index in [1.54, 1.807) is 0 Å². The molecule has 58 heavy (non-hydrogen) atoms. The van der Waals surface area contributed by atoms with Crippen molar-refractivity contribution < 1.29 is 163 Å². The quantitative estimate of drug-likeness (QED) is 0.110. The standard InChI is InChI=1S/3C10H10F7O2.Ce/c3*1-7(2,3)5(18)4-6(19)8(11,12)9(13,14)10(15,16)17;/h3*4H,1-3H3;/q3*-1;+3. The zero-order valence-corrected chi connectivity index (χ0v) is 33.8. The third kappa shape index (κ3) is 14.9. The van der Waals surface area contributed by atoms with Gasteiger partial charge in [-0.05, 0) is 16.2 Å². The summed E-state index contributed by atoms with van der Waals surface area (Å²) in [6, 6.07) is 0. The monoisotopic (exact) mass is 1030 g/mol. The van der Waals surface area contributed by atoms with Crippen molar-refractivity contribution in [3.8, 4) is 0 Å². The molecule has 0 unspecified atom stereocenters. The number of hydrogen-bond donors (Lipinski definition) is 0. The van der Waals surface area contributed by atoms with Crippen LogP contribution in [0.4, 0.5) is 92.2 Å². The summed E-state index contributed by atoms with van der Waals surface area (Å²) >= 11 is 0. The molecule has 0 N–H and O–H groups in total. The number of alkyl halides is 21. The summed E-state index contributed by atoms with van der Waals surface area (Å²) in [5.74, 6) is -50.2. The average molecular weight is 1030 g/mol. The Hall–Kier alpha value is -2.46. The number of carbonyl (C=O) groups is 6. The second-order valence-electron chi connectivity index (χ2n) is 14.3. The Labute approximate surface area is 348 Å². The van der Waals surface area contributed by atoms with Crippen molar-refractivity contribution in [2.24, 2.45) is 16.2 Å². The van der Waals surface area contributed by atoms with Gasteiger partial charge in [-0.3, -0.25) is 19.3 Å². The second-order valence-corrected chi connectivity index (χ2v) is 14.3. The van der Waals surface area contributed by atoms with E-state index in [4.69, 9.17) is 0 Å². The number of rotatable bonds is 12. The van der Waals surface area contributed by atoms with Gasteiger partial charge in [0, 0.05) is 17.3 Å². The fourth-order valence-corrected chi connectivity index (χ4v) is 2.28. The van der Waals surface area contributed by atoms with E-state index in [-0.39, 0.29) is 41.7 Å². The Morgan fingerprint density at radius 2 is 0.397 bits per heavy atom. The molecule has 0 aromatic heterocycles. The van der Waals surface area contributed by atoms with Gasteiger partial charge in [-0.25, -0.2) is 0 Å². The molecule has 0 bridgehead atoms. The van der Waals surface area contributed by atoms with E-state index in [2.05, 4.69) is 0 Å². The summed E-state index contributed by atoms with van der Waals surface area (Å²) in [6.45, 7) is 10.6. The summed E-state index contributed by atoms with van der Waals surface area (Å²) in [7, 11) is 0. The van der Waals surface area contributed by atoms with Gasteiger partial charge < -0.3 is 28.8 Å². The van der Waals surface area contributed by atoms with Gasteiger partial charge in [0.2, 0.25) is 0 Å². The topological polar surface area (TPSA) is 102 Å².